The fourth-order valence-corrected chi connectivity index (χ4v) is 2.75. The maximum absolute atomic E-state index is 14.2. The van der Waals surface area contributed by atoms with Crippen LogP contribution in [0.1, 0.15) is 56.2 Å². The second kappa shape index (κ2) is 9.00. The van der Waals surface area contributed by atoms with Crippen molar-refractivity contribution in [2.24, 2.45) is 4.40 Å². The fourth-order valence-electron chi connectivity index (χ4n) is 2.13. The number of carbonyl (C=O) groups is 1. The highest BCUT2D eigenvalue weighted by Crippen LogP contribution is 2.21. The van der Waals surface area contributed by atoms with E-state index in [1.54, 1.807) is 46.8 Å². The van der Waals surface area contributed by atoms with Crippen molar-refractivity contribution >= 4 is 28.7 Å². The van der Waals surface area contributed by atoms with E-state index in [0.29, 0.717) is 17.0 Å². The lowest BCUT2D eigenvalue weighted by atomic mass is 10.1. The van der Waals surface area contributed by atoms with Crippen molar-refractivity contribution in [3.8, 4) is 11.8 Å². The summed E-state index contributed by atoms with van der Waals surface area (Å²) in [7, 11) is 0. The van der Waals surface area contributed by atoms with Gasteiger partial charge in [0.25, 0.3) is 5.91 Å². The highest BCUT2D eigenvalue weighted by atomic mass is 32.2. The average molecular weight is 399 g/mol. The number of nitrogens with zero attached hydrogens (tertiary/aromatic N) is 2. The van der Waals surface area contributed by atoms with E-state index >= 15 is 0 Å². The van der Waals surface area contributed by atoms with Gasteiger partial charge in [-0.25, -0.2) is 9.37 Å². The molecule has 0 fully saturated rings. The highest BCUT2D eigenvalue weighted by molar-refractivity contribution is 7.91. The van der Waals surface area contributed by atoms with Gasteiger partial charge in [-0.1, -0.05) is 10.3 Å². The summed E-state index contributed by atoms with van der Waals surface area (Å²) < 4.78 is 30.0. The van der Waals surface area contributed by atoms with Crippen molar-refractivity contribution in [1.82, 2.24) is 4.98 Å². The number of carbonyl (C=O) groups excluding carboxylic acids is 1. The minimum Gasteiger partial charge on any atom is -0.591 e. The SMILES string of the molecule is CC#Cc1ccc(C(=O)Nc2ccc(F)c(C(C)=N[S@+]([O-])C(C)(C)C)c2)nc1. The third-order valence-corrected chi connectivity index (χ3v) is 5.11. The normalized spacial score (nSPS) is 12.8. The number of benzene rings is 1. The summed E-state index contributed by atoms with van der Waals surface area (Å²) in [5.41, 5.74) is 1.78. The molecule has 0 bridgehead atoms. The van der Waals surface area contributed by atoms with Crippen molar-refractivity contribution in [3.63, 3.8) is 0 Å². The monoisotopic (exact) mass is 399 g/mol. The third kappa shape index (κ3) is 5.65. The van der Waals surface area contributed by atoms with Crippen LogP contribution in [0, 0.1) is 17.7 Å². The fraction of sp³-hybridized carbons (Fsp3) is 0.286. The molecule has 5 nitrogen and oxygen atoms in total. The van der Waals surface area contributed by atoms with Gasteiger partial charge in [0.1, 0.15) is 27.6 Å². The van der Waals surface area contributed by atoms with Crippen LogP contribution in [0.3, 0.4) is 0 Å². The lowest BCUT2D eigenvalue weighted by molar-refractivity contribution is 0.102. The van der Waals surface area contributed by atoms with Gasteiger partial charge in [-0.15, -0.1) is 5.92 Å². The van der Waals surface area contributed by atoms with Gasteiger partial charge in [0.05, 0.1) is 5.71 Å². The third-order valence-electron chi connectivity index (χ3n) is 3.62. The molecule has 0 saturated carbocycles. The van der Waals surface area contributed by atoms with Crippen LogP contribution in [0.2, 0.25) is 0 Å². The Labute approximate surface area is 167 Å². The zero-order valence-electron chi connectivity index (χ0n) is 16.5. The van der Waals surface area contributed by atoms with E-state index in [9.17, 15) is 13.7 Å². The number of hydrogen-bond acceptors (Lipinski definition) is 4. The molecule has 0 aliphatic rings. The Morgan fingerprint density at radius 1 is 1.29 bits per heavy atom. The molecular formula is C21H22FN3O2S. The van der Waals surface area contributed by atoms with Crippen molar-refractivity contribution in [3.05, 3.63) is 59.2 Å². The Morgan fingerprint density at radius 2 is 2.00 bits per heavy atom. The first-order valence-corrected chi connectivity index (χ1v) is 9.70. The standard InChI is InChI=1S/C21H22FN3O2S/c1-6-7-15-8-11-19(23-13-15)20(26)24-16-9-10-18(22)17(12-16)14(2)25-28(27)21(3,4)5/h8-13H,1-5H3,(H,24,26)/t28-/m1/s1. The minimum absolute atomic E-state index is 0.178. The first kappa shape index (κ1) is 21.6. The van der Waals surface area contributed by atoms with Crippen LogP contribution in [0.4, 0.5) is 10.1 Å². The Kier molecular flexibility index (Phi) is 6.95. The molecule has 1 atom stereocenters. The molecule has 1 amide bonds. The van der Waals surface area contributed by atoms with Gasteiger partial charge in [0, 0.05) is 23.0 Å². The number of rotatable bonds is 4. The van der Waals surface area contributed by atoms with Crippen molar-refractivity contribution in [2.45, 2.75) is 39.4 Å². The molecule has 0 aliphatic carbocycles. The Bertz CT molecular complexity index is 954. The predicted octanol–water partition coefficient (Wildman–Crippen LogP) is 4.12. The van der Waals surface area contributed by atoms with Crippen LogP contribution in [0.15, 0.2) is 40.9 Å². The van der Waals surface area contributed by atoms with E-state index in [4.69, 9.17) is 0 Å². The molecule has 1 aromatic carbocycles. The summed E-state index contributed by atoms with van der Waals surface area (Å²) in [5.74, 6) is 4.67. The first-order chi connectivity index (χ1) is 13.1. The van der Waals surface area contributed by atoms with Crippen LogP contribution in [0.5, 0.6) is 0 Å². The van der Waals surface area contributed by atoms with Crippen molar-refractivity contribution in [1.29, 1.82) is 0 Å². The van der Waals surface area contributed by atoms with Gasteiger partial charge in [-0.2, -0.15) is 0 Å². The quantitative estimate of drug-likeness (QED) is 0.477. The lowest BCUT2D eigenvalue weighted by Gasteiger charge is -2.19. The van der Waals surface area contributed by atoms with E-state index in [2.05, 4.69) is 26.5 Å². The Morgan fingerprint density at radius 3 is 2.57 bits per heavy atom. The van der Waals surface area contributed by atoms with E-state index in [0.717, 1.165) is 0 Å². The van der Waals surface area contributed by atoms with Crippen molar-refractivity contribution in [2.75, 3.05) is 5.32 Å². The van der Waals surface area contributed by atoms with Crippen molar-refractivity contribution < 1.29 is 13.7 Å². The first-order valence-electron chi connectivity index (χ1n) is 8.59. The molecule has 2 aromatic rings. The summed E-state index contributed by atoms with van der Waals surface area (Å²) in [6, 6.07) is 7.41. The van der Waals surface area contributed by atoms with E-state index in [-0.39, 0.29) is 11.3 Å². The highest BCUT2D eigenvalue weighted by Gasteiger charge is 2.27. The van der Waals surface area contributed by atoms with Gasteiger partial charge in [0.2, 0.25) is 0 Å². The number of pyridine rings is 1. The average Bonchev–Trinajstić information content (AvgIpc) is 2.63. The molecule has 0 saturated heterocycles. The maximum atomic E-state index is 14.2. The van der Waals surface area contributed by atoms with E-state index < -0.39 is 27.8 Å². The molecule has 0 aliphatic heterocycles. The van der Waals surface area contributed by atoms with Crippen LogP contribution in [-0.2, 0) is 11.4 Å². The topological polar surface area (TPSA) is 77.4 Å². The summed E-state index contributed by atoms with van der Waals surface area (Å²) >= 11 is -1.51. The minimum atomic E-state index is -1.51. The Hall–Kier alpha value is -2.69. The number of hydrogen-bond donors (Lipinski definition) is 1. The number of aromatic nitrogens is 1. The van der Waals surface area contributed by atoms with Crippen LogP contribution in [-0.4, -0.2) is 25.9 Å². The molecule has 28 heavy (non-hydrogen) atoms. The number of halogens is 1. The van der Waals surface area contributed by atoms with Gasteiger partial charge in [-0.3, -0.25) is 4.79 Å². The van der Waals surface area contributed by atoms with E-state index in [1.807, 2.05) is 0 Å². The number of amides is 1. The Balaban J connectivity index is 2.23. The number of nitrogens with one attached hydrogen (secondary N) is 1. The molecule has 1 N–H and O–H groups in total. The van der Waals surface area contributed by atoms with E-state index in [1.165, 1.54) is 24.4 Å². The van der Waals surface area contributed by atoms with Crippen LogP contribution >= 0.6 is 0 Å². The smallest absolute Gasteiger partial charge is 0.274 e. The molecule has 7 heteroatoms. The zero-order valence-corrected chi connectivity index (χ0v) is 17.3. The molecule has 2 rings (SSSR count). The molecule has 0 radical (unpaired) electrons. The predicted molar refractivity (Wildman–Crippen MR) is 111 cm³/mol. The summed E-state index contributed by atoms with van der Waals surface area (Å²) in [4.78, 5) is 16.5. The second-order valence-corrected chi connectivity index (χ2v) is 8.90. The summed E-state index contributed by atoms with van der Waals surface area (Å²) in [6.07, 6.45) is 1.51. The number of anilines is 1. The maximum Gasteiger partial charge on any atom is 0.274 e. The zero-order chi connectivity index (χ0) is 20.9. The van der Waals surface area contributed by atoms with Gasteiger partial charge in [-0.05, 0) is 65.0 Å². The summed E-state index contributed by atoms with van der Waals surface area (Å²) in [6.45, 7) is 8.67. The molecular weight excluding hydrogens is 377 g/mol. The van der Waals surface area contributed by atoms with Crippen LogP contribution < -0.4 is 5.32 Å². The molecule has 0 unspecified atom stereocenters. The molecule has 0 spiro atoms. The van der Waals surface area contributed by atoms with Gasteiger partial charge < -0.3 is 9.87 Å². The lowest BCUT2D eigenvalue weighted by Crippen LogP contribution is -2.26. The van der Waals surface area contributed by atoms with Gasteiger partial charge in [0.15, 0.2) is 0 Å². The molecule has 146 valence electrons. The summed E-state index contributed by atoms with van der Waals surface area (Å²) in [5, 5.41) is 2.68. The molecule has 1 heterocycles. The largest absolute Gasteiger partial charge is 0.591 e. The van der Waals surface area contributed by atoms with Crippen LogP contribution in [0.25, 0.3) is 0 Å². The molecule has 1 aromatic heterocycles. The second-order valence-electron chi connectivity index (χ2n) is 6.99. The van der Waals surface area contributed by atoms with Gasteiger partial charge >= 0.3 is 0 Å².